The van der Waals surface area contributed by atoms with Gasteiger partial charge < -0.3 is 15.5 Å². The Balaban J connectivity index is 1.66. The fourth-order valence-electron chi connectivity index (χ4n) is 2.75. The van der Waals surface area contributed by atoms with E-state index < -0.39 is 0 Å². The lowest BCUT2D eigenvalue weighted by molar-refractivity contribution is -0.120. The maximum Gasteiger partial charge on any atom is 0.240 e. The average molecular weight is 315 g/mol. The molecule has 2 N–H and O–H groups in total. The largest absolute Gasteiger partial charge is 0.383 e. The van der Waals surface area contributed by atoms with Crippen LogP contribution in [0.3, 0.4) is 0 Å². The highest BCUT2D eigenvalue weighted by atomic mass is 32.1. The lowest BCUT2D eigenvalue weighted by Crippen LogP contribution is -2.38. The zero-order chi connectivity index (χ0) is 15.4. The summed E-state index contributed by atoms with van der Waals surface area (Å²) in [5, 5.41) is 8.55. The number of amides is 1. The second-order valence-electron chi connectivity index (χ2n) is 5.52. The highest BCUT2D eigenvalue weighted by molar-refractivity contribution is 7.10. The zero-order valence-electron chi connectivity index (χ0n) is 12.7. The Morgan fingerprint density at radius 3 is 3.05 bits per heavy atom. The van der Waals surface area contributed by atoms with Crippen molar-refractivity contribution in [1.29, 1.82) is 0 Å². The van der Waals surface area contributed by atoms with E-state index in [2.05, 4.69) is 33.7 Å². The molecule has 0 spiro atoms. The highest BCUT2D eigenvalue weighted by Crippen LogP contribution is 2.27. The summed E-state index contributed by atoms with van der Waals surface area (Å²) in [6, 6.07) is 12.3. The minimum Gasteiger partial charge on any atom is -0.383 e. The first-order chi connectivity index (χ1) is 10.7. The van der Waals surface area contributed by atoms with Crippen molar-refractivity contribution >= 4 is 28.6 Å². The number of thiophene rings is 1. The van der Waals surface area contributed by atoms with Crippen LogP contribution in [0.4, 0.5) is 11.4 Å². The second-order valence-corrected chi connectivity index (χ2v) is 6.50. The molecule has 1 aliphatic rings. The molecule has 0 fully saturated rings. The second kappa shape index (κ2) is 6.83. The molecule has 1 unspecified atom stereocenters. The van der Waals surface area contributed by atoms with Crippen LogP contribution in [-0.2, 0) is 4.79 Å². The lowest BCUT2D eigenvalue weighted by Gasteiger charge is -2.24. The summed E-state index contributed by atoms with van der Waals surface area (Å²) in [5.74, 6) is 0.0672. The van der Waals surface area contributed by atoms with Crippen LogP contribution in [-0.4, -0.2) is 25.5 Å². The number of hydrogen-bond donors (Lipinski definition) is 2. The molecule has 0 saturated heterocycles. The molecule has 0 radical (unpaired) electrons. The van der Waals surface area contributed by atoms with Crippen molar-refractivity contribution in [3.63, 3.8) is 0 Å². The van der Waals surface area contributed by atoms with Gasteiger partial charge >= 0.3 is 0 Å². The molecule has 0 aliphatic carbocycles. The molecule has 1 amide bonds. The number of carbonyl (C=O) groups is 1. The summed E-state index contributed by atoms with van der Waals surface area (Å²) in [6.45, 7) is 4.27. The Labute approximate surface area is 135 Å². The highest BCUT2D eigenvalue weighted by Gasteiger charge is 2.18. The number of carbonyl (C=O) groups excluding carboxylic acids is 1. The third-order valence-electron chi connectivity index (χ3n) is 3.85. The number of benzene rings is 1. The summed E-state index contributed by atoms with van der Waals surface area (Å²) >= 11 is 1.67. The summed E-state index contributed by atoms with van der Waals surface area (Å²) in [7, 11) is 0. The molecule has 116 valence electrons. The van der Waals surface area contributed by atoms with Gasteiger partial charge in [-0.2, -0.15) is 0 Å². The predicted octanol–water partition coefficient (Wildman–Crippen LogP) is 3.25. The molecule has 4 nitrogen and oxygen atoms in total. The van der Waals surface area contributed by atoms with Crippen molar-refractivity contribution in [3.8, 4) is 0 Å². The van der Waals surface area contributed by atoms with Crippen molar-refractivity contribution in [2.24, 2.45) is 0 Å². The average Bonchev–Trinajstić information content (AvgIpc) is 2.98. The van der Waals surface area contributed by atoms with E-state index in [4.69, 9.17) is 0 Å². The van der Waals surface area contributed by atoms with Gasteiger partial charge in [0.05, 0.1) is 24.0 Å². The van der Waals surface area contributed by atoms with Crippen molar-refractivity contribution in [2.75, 3.05) is 29.9 Å². The molecule has 22 heavy (non-hydrogen) atoms. The number of para-hydroxylation sites is 2. The maximum atomic E-state index is 12.4. The molecule has 1 aromatic heterocycles. The SMILES string of the molecule is CC(NC(=O)CN1CCCNc2ccccc21)c1cccs1. The molecular weight excluding hydrogens is 294 g/mol. The first kappa shape index (κ1) is 14.9. The number of rotatable bonds is 4. The third kappa shape index (κ3) is 3.42. The topological polar surface area (TPSA) is 44.4 Å². The summed E-state index contributed by atoms with van der Waals surface area (Å²) < 4.78 is 0. The molecule has 1 aromatic carbocycles. The number of anilines is 2. The minimum absolute atomic E-state index is 0.0628. The van der Waals surface area contributed by atoms with Gasteiger partial charge in [0.15, 0.2) is 0 Å². The summed E-state index contributed by atoms with van der Waals surface area (Å²) in [4.78, 5) is 15.7. The molecule has 2 heterocycles. The molecule has 0 bridgehead atoms. The van der Waals surface area contributed by atoms with E-state index in [1.807, 2.05) is 30.5 Å². The van der Waals surface area contributed by atoms with Crippen LogP contribution in [0.1, 0.15) is 24.3 Å². The fraction of sp³-hybridized carbons (Fsp3) is 0.353. The molecule has 3 rings (SSSR count). The maximum absolute atomic E-state index is 12.4. The number of nitrogens with one attached hydrogen (secondary N) is 2. The molecule has 1 aliphatic heterocycles. The van der Waals surface area contributed by atoms with Crippen LogP contribution in [0.25, 0.3) is 0 Å². The van der Waals surface area contributed by atoms with Crippen LogP contribution in [0.5, 0.6) is 0 Å². The van der Waals surface area contributed by atoms with Crippen LogP contribution >= 0.6 is 11.3 Å². The Bertz CT molecular complexity index is 627. The standard InChI is InChI=1S/C17H21N3OS/c1-13(16-8-4-11-22-16)19-17(21)12-20-10-5-9-18-14-6-2-3-7-15(14)20/h2-4,6-8,11,13,18H,5,9-10,12H2,1H3,(H,19,21). The monoisotopic (exact) mass is 315 g/mol. The smallest absolute Gasteiger partial charge is 0.240 e. The molecule has 1 atom stereocenters. The first-order valence-electron chi connectivity index (χ1n) is 7.64. The Hall–Kier alpha value is -2.01. The molecule has 2 aromatic rings. The molecule has 5 heteroatoms. The normalized spacial score (nSPS) is 15.4. The molecular formula is C17H21N3OS. The van der Waals surface area contributed by atoms with Gasteiger partial charge in [-0.15, -0.1) is 11.3 Å². The van der Waals surface area contributed by atoms with E-state index in [0.717, 1.165) is 30.9 Å². The Morgan fingerprint density at radius 1 is 1.36 bits per heavy atom. The van der Waals surface area contributed by atoms with E-state index in [9.17, 15) is 4.79 Å². The number of hydrogen-bond acceptors (Lipinski definition) is 4. The van der Waals surface area contributed by atoms with E-state index in [1.165, 1.54) is 4.88 Å². The van der Waals surface area contributed by atoms with Gasteiger partial charge in [-0.3, -0.25) is 4.79 Å². The van der Waals surface area contributed by atoms with Gasteiger partial charge in [0.25, 0.3) is 0 Å². The van der Waals surface area contributed by atoms with E-state index >= 15 is 0 Å². The van der Waals surface area contributed by atoms with Gasteiger partial charge in [-0.1, -0.05) is 18.2 Å². The third-order valence-corrected chi connectivity index (χ3v) is 4.90. The summed E-state index contributed by atoms with van der Waals surface area (Å²) in [6.07, 6.45) is 1.03. The van der Waals surface area contributed by atoms with Gasteiger partial charge in [-0.05, 0) is 36.9 Å². The van der Waals surface area contributed by atoms with Crippen LogP contribution < -0.4 is 15.5 Å². The van der Waals surface area contributed by atoms with Crippen molar-refractivity contribution < 1.29 is 4.79 Å². The van der Waals surface area contributed by atoms with Gasteiger partial charge in [0, 0.05) is 18.0 Å². The van der Waals surface area contributed by atoms with E-state index in [-0.39, 0.29) is 11.9 Å². The number of nitrogens with zero attached hydrogens (tertiary/aromatic N) is 1. The molecule has 0 saturated carbocycles. The minimum atomic E-state index is 0.0628. The predicted molar refractivity (Wildman–Crippen MR) is 92.6 cm³/mol. The van der Waals surface area contributed by atoms with Crippen LogP contribution in [0.15, 0.2) is 41.8 Å². The first-order valence-corrected chi connectivity index (χ1v) is 8.52. The lowest BCUT2D eigenvalue weighted by atomic mass is 10.2. The van der Waals surface area contributed by atoms with Crippen LogP contribution in [0, 0.1) is 0 Å². The fourth-order valence-corrected chi connectivity index (χ4v) is 3.48. The van der Waals surface area contributed by atoms with Crippen molar-refractivity contribution in [3.05, 3.63) is 46.7 Å². The Kier molecular flexibility index (Phi) is 4.63. The summed E-state index contributed by atoms with van der Waals surface area (Å²) in [5.41, 5.74) is 2.22. The van der Waals surface area contributed by atoms with Gasteiger partial charge in [0.1, 0.15) is 0 Å². The van der Waals surface area contributed by atoms with E-state index in [1.54, 1.807) is 11.3 Å². The van der Waals surface area contributed by atoms with Gasteiger partial charge in [-0.25, -0.2) is 0 Å². The Morgan fingerprint density at radius 2 is 2.23 bits per heavy atom. The number of fused-ring (bicyclic) bond motifs is 1. The van der Waals surface area contributed by atoms with Gasteiger partial charge in [0.2, 0.25) is 5.91 Å². The zero-order valence-corrected chi connectivity index (χ0v) is 13.5. The quantitative estimate of drug-likeness (QED) is 0.910. The van der Waals surface area contributed by atoms with E-state index in [0.29, 0.717) is 6.54 Å². The van der Waals surface area contributed by atoms with Crippen molar-refractivity contribution in [1.82, 2.24) is 5.32 Å². The van der Waals surface area contributed by atoms with Crippen molar-refractivity contribution in [2.45, 2.75) is 19.4 Å². The van der Waals surface area contributed by atoms with Crippen LogP contribution in [0.2, 0.25) is 0 Å².